The number of aryl methyl sites for hydroxylation is 2. The molecule has 1 amide bonds. The van der Waals surface area contributed by atoms with Gasteiger partial charge in [0.25, 0.3) is 0 Å². The van der Waals surface area contributed by atoms with E-state index in [-0.39, 0.29) is 75.9 Å². The van der Waals surface area contributed by atoms with Gasteiger partial charge in [0.2, 0.25) is 5.91 Å². The summed E-state index contributed by atoms with van der Waals surface area (Å²) < 4.78 is 61.0. The molecular formula is C42H37Cl2F4N7O. The molecule has 4 aliphatic heterocycles. The van der Waals surface area contributed by atoms with Crippen molar-refractivity contribution in [2.24, 2.45) is 17.8 Å². The van der Waals surface area contributed by atoms with Crippen LogP contribution in [0.3, 0.4) is 0 Å². The van der Waals surface area contributed by atoms with Gasteiger partial charge in [-0.1, -0.05) is 35.3 Å². The van der Waals surface area contributed by atoms with Crippen LogP contribution in [-0.2, 0) is 17.4 Å². The number of anilines is 1. The topological polar surface area (TPSA) is 90.1 Å². The minimum absolute atomic E-state index is 0.0455. The van der Waals surface area contributed by atoms with E-state index in [9.17, 15) is 23.2 Å². The molecule has 288 valence electrons. The molecule has 2 saturated carbocycles. The van der Waals surface area contributed by atoms with Crippen molar-refractivity contribution in [2.75, 3.05) is 24.5 Å². The van der Waals surface area contributed by atoms with Crippen LogP contribution in [0.1, 0.15) is 66.8 Å². The van der Waals surface area contributed by atoms with E-state index in [1.807, 2.05) is 17.9 Å². The molecule has 6 atom stereocenters. The lowest BCUT2D eigenvalue weighted by Gasteiger charge is -2.40. The molecule has 7 heterocycles. The van der Waals surface area contributed by atoms with Crippen molar-refractivity contribution < 1.29 is 22.4 Å². The van der Waals surface area contributed by atoms with E-state index in [0.717, 1.165) is 54.9 Å². The van der Waals surface area contributed by atoms with Crippen molar-refractivity contribution >= 4 is 56.6 Å². The van der Waals surface area contributed by atoms with Gasteiger partial charge in [-0.2, -0.15) is 18.4 Å². The van der Waals surface area contributed by atoms with Crippen LogP contribution in [0, 0.1) is 41.8 Å². The summed E-state index contributed by atoms with van der Waals surface area (Å²) in [6, 6.07) is 13.8. The van der Waals surface area contributed by atoms with Gasteiger partial charge in [0, 0.05) is 89.1 Å². The summed E-state index contributed by atoms with van der Waals surface area (Å²) >= 11 is 13.1. The molecule has 0 radical (unpaired) electrons. The molecule has 1 N–H and O–H groups in total. The maximum atomic E-state index is 17.3. The van der Waals surface area contributed by atoms with Crippen LogP contribution < -0.4 is 10.2 Å². The first-order valence-corrected chi connectivity index (χ1v) is 20.0. The molecule has 6 aliphatic rings. The van der Waals surface area contributed by atoms with Gasteiger partial charge in [0.1, 0.15) is 11.2 Å². The number of hydrogen-bond donors (Lipinski definition) is 1. The Balaban J connectivity index is 1.19. The maximum absolute atomic E-state index is 17.3. The number of aromatic nitrogens is 3. The number of hydrogen-bond acceptors (Lipinski definition) is 6. The number of halogens is 6. The zero-order valence-electron chi connectivity index (χ0n) is 30.4. The first-order chi connectivity index (χ1) is 26.9. The summed E-state index contributed by atoms with van der Waals surface area (Å²) in [5.74, 6) is -0.268. The number of likely N-dealkylation sites (tertiary alicyclic amines) is 1. The third kappa shape index (κ3) is 5.52. The molecule has 8 nitrogen and oxygen atoms in total. The Hall–Kier alpha value is -4.44. The number of benzene rings is 2. The Bertz CT molecular complexity index is 2500. The van der Waals surface area contributed by atoms with Gasteiger partial charge < -0.3 is 19.7 Å². The van der Waals surface area contributed by atoms with Crippen molar-refractivity contribution in [1.29, 1.82) is 5.26 Å². The fourth-order valence-electron chi connectivity index (χ4n) is 10.3. The Kier molecular flexibility index (Phi) is 8.37. The quantitative estimate of drug-likeness (QED) is 0.165. The Labute approximate surface area is 330 Å². The molecule has 2 aliphatic carbocycles. The molecule has 14 heteroatoms. The Morgan fingerprint density at radius 2 is 1.89 bits per heavy atom. The van der Waals surface area contributed by atoms with E-state index in [0.29, 0.717) is 46.9 Å². The number of carbonyl (C=O) groups excluding carboxylic acids is 1. The van der Waals surface area contributed by atoms with Crippen molar-refractivity contribution in [2.45, 2.75) is 75.8 Å². The number of alkyl halides is 3. The van der Waals surface area contributed by atoms with Crippen molar-refractivity contribution in [1.82, 2.24) is 24.8 Å². The van der Waals surface area contributed by atoms with Crippen LogP contribution >= 0.6 is 23.2 Å². The molecule has 56 heavy (non-hydrogen) atoms. The number of nitrogens with zero attached hydrogens (tertiary/aromatic N) is 6. The van der Waals surface area contributed by atoms with Gasteiger partial charge in [-0.15, -0.1) is 0 Å². The van der Waals surface area contributed by atoms with Crippen LogP contribution in [0.25, 0.3) is 32.9 Å². The number of fused-ring (bicyclic) bond motifs is 6. The predicted octanol–water partition coefficient (Wildman–Crippen LogP) is 9.20. The lowest BCUT2D eigenvalue weighted by atomic mass is 9.79. The third-order valence-electron chi connectivity index (χ3n) is 12.9. The van der Waals surface area contributed by atoms with E-state index in [2.05, 4.69) is 31.9 Å². The summed E-state index contributed by atoms with van der Waals surface area (Å²) in [6.45, 7) is 3.59. The average Bonchev–Trinajstić information content (AvgIpc) is 3.46. The summed E-state index contributed by atoms with van der Waals surface area (Å²) in [7, 11) is 0. The predicted molar refractivity (Wildman–Crippen MR) is 206 cm³/mol. The zero-order valence-corrected chi connectivity index (χ0v) is 31.9. The van der Waals surface area contributed by atoms with Gasteiger partial charge in [-0.3, -0.25) is 9.78 Å². The van der Waals surface area contributed by atoms with E-state index < -0.39 is 17.7 Å². The zero-order chi connectivity index (χ0) is 38.8. The standard InChI is InChI=1S/C42H37Cl2F4N7O/c1-20-28-16-32(39-24-12-26(54(39)41(56)21-7-8-21)19-53(18-24)25-9-11-50-33(15-25)42(46,47)48)55(38-23-14-31(38)51-17-23)40(28)29-13-22(4-3-10-49)34(36(45)37(29)52-20)27-5-2-6-30(43)35(27)44/h2,5-6,9,11,13,15-16,21,23-24,26,31,38-39,51H,3-4,7-8,12,14,17-19H2,1H3. The van der Waals surface area contributed by atoms with Gasteiger partial charge in [-0.25, -0.2) is 9.37 Å². The van der Waals surface area contributed by atoms with Crippen LogP contribution in [0.15, 0.2) is 48.7 Å². The summed E-state index contributed by atoms with van der Waals surface area (Å²) in [6.07, 6.45) is 0.419. The molecule has 4 bridgehead atoms. The number of pyridine rings is 2. The van der Waals surface area contributed by atoms with E-state index in [4.69, 9.17) is 28.2 Å². The van der Waals surface area contributed by atoms with Gasteiger partial charge in [-0.05, 0) is 80.8 Å². The Morgan fingerprint density at radius 1 is 1.07 bits per heavy atom. The number of nitriles is 1. The molecule has 0 spiro atoms. The molecular weight excluding hydrogens is 765 g/mol. The molecule has 11 rings (SSSR count). The highest BCUT2D eigenvalue weighted by atomic mass is 35.5. The molecule has 6 fully saturated rings. The van der Waals surface area contributed by atoms with E-state index in [1.165, 1.54) is 6.20 Å². The summed E-state index contributed by atoms with van der Waals surface area (Å²) in [5, 5.41) is 15.3. The molecule has 4 saturated heterocycles. The highest BCUT2D eigenvalue weighted by molar-refractivity contribution is 6.43. The average molecular weight is 803 g/mol. The smallest absolute Gasteiger partial charge is 0.369 e. The second kappa shape index (κ2) is 13.0. The van der Waals surface area contributed by atoms with Gasteiger partial charge in [0.15, 0.2) is 5.82 Å². The number of carbonyl (C=O) groups is 1. The highest BCUT2D eigenvalue weighted by Gasteiger charge is 2.55. The first-order valence-electron chi connectivity index (χ1n) is 19.2. The first kappa shape index (κ1) is 35.9. The minimum Gasteiger partial charge on any atom is -0.369 e. The maximum Gasteiger partial charge on any atom is 0.433 e. The van der Waals surface area contributed by atoms with Crippen LogP contribution in [0.2, 0.25) is 10.0 Å². The van der Waals surface area contributed by atoms with Crippen molar-refractivity contribution in [3.63, 3.8) is 0 Å². The molecule has 2 aromatic carbocycles. The normalized spacial score (nSPS) is 25.6. The fourth-order valence-corrected chi connectivity index (χ4v) is 10.7. The molecule has 5 aromatic rings. The third-order valence-corrected chi connectivity index (χ3v) is 13.7. The number of piperidine rings is 1. The fraction of sp³-hybridized carbons (Fsp3) is 0.429. The largest absolute Gasteiger partial charge is 0.433 e. The minimum atomic E-state index is -4.58. The SMILES string of the molecule is Cc1nc2c(F)c(-c3cccc(Cl)c3Cl)c(CCC#N)cc2c2c1cc(C1C3CC(CN(c4ccnc(C(F)(F)F)c4)C3)N1C(=O)C1CC1)n2C1C2CNC1C2. The number of nitrogens with one attached hydrogen (secondary N) is 1. The lowest BCUT2D eigenvalue weighted by molar-refractivity contribution is -0.141. The summed E-state index contributed by atoms with van der Waals surface area (Å²) in [4.78, 5) is 26.9. The van der Waals surface area contributed by atoms with Crippen LogP contribution in [0.5, 0.6) is 0 Å². The van der Waals surface area contributed by atoms with Gasteiger partial charge in [0.05, 0.1) is 39.8 Å². The van der Waals surface area contributed by atoms with Crippen LogP contribution in [0.4, 0.5) is 23.2 Å². The highest BCUT2D eigenvalue weighted by Crippen LogP contribution is 2.54. The molecule has 6 unspecified atom stereocenters. The van der Waals surface area contributed by atoms with Crippen LogP contribution in [-0.4, -0.2) is 57.1 Å². The van der Waals surface area contributed by atoms with E-state index in [1.54, 1.807) is 24.3 Å². The van der Waals surface area contributed by atoms with Crippen molar-refractivity contribution in [3.05, 3.63) is 87.2 Å². The number of rotatable bonds is 7. The monoisotopic (exact) mass is 801 g/mol. The molecule has 3 aromatic heterocycles. The lowest BCUT2D eigenvalue weighted by Crippen LogP contribution is -2.45. The van der Waals surface area contributed by atoms with Gasteiger partial charge >= 0.3 is 6.18 Å². The van der Waals surface area contributed by atoms with Crippen molar-refractivity contribution in [3.8, 4) is 17.2 Å². The number of amides is 1. The second-order valence-electron chi connectivity index (χ2n) is 16.2. The Morgan fingerprint density at radius 3 is 2.61 bits per heavy atom. The van der Waals surface area contributed by atoms with E-state index >= 15 is 4.39 Å². The second-order valence-corrected chi connectivity index (χ2v) is 17.0. The summed E-state index contributed by atoms with van der Waals surface area (Å²) in [5.41, 5.74) is 3.42.